The van der Waals surface area contributed by atoms with Crippen LogP contribution in [0.3, 0.4) is 0 Å². The van der Waals surface area contributed by atoms with E-state index >= 15 is 0 Å². The lowest BCUT2D eigenvalue weighted by Gasteiger charge is -2.35. The first kappa shape index (κ1) is 15.6. The lowest BCUT2D eigenvalue weighted by molar-refractivity contribution is -0.140. The van der Waals surface area contributed by atoms with Gasteiger partial charge in [-0.2, -0.15) is 0 Å². The smallest absolute Gasteiger partial charge is 0.256 e. The minimum Gasteiger partial charge on any atom is -0.384 e. The standard InChI is InChI=1S/C17H21N3O3/c1-11-15(13-5-3-4-6-14(13)18-11)17(23)20-9-7-19(8-10-20)16(22)12(2)21/h3-6,12,18,21H,7-10H2,1-2H3. The maximum Gasteiger partial charge on any atom is 0.256 e. The Labute approximate surface area is 134 Å². The van der Waals surface area contributed by atoms with Crippen LogP contribution in [0, 0.1) is 6.92 Å². The molecule has 6 nitrogen and oxygen atoms in total. The lowest BCUT2D eigenvalue weighted by Crippen LogP contribution is -2.52. The summed E-state index contributed by atoms with van der Waals surface area (Å²) in [5.74, 6) is -0.288. The molecule has 2 N–H and O–H groups in total. The van der Waals surface area contributed by atoms with E-state index in [4.69, 9.17) is 0 Å². The lowest BCUT2D eigenvalue weighted by atomic mass is 10.1. The summed E-state index contributed by atoms with van der Waals surface area (Å²) in [4.78, 5) is 31.3. The number of aryl methyl sites for hydroxylation is 1. The molecule has 1 aliphatic heterocycles. The van der Waals surface area contributed by atoms with Crippen molar-refractivity contribution in [1.82, 2.24) is 14.8 Å². The van der Waals surface area contributed by atoms with Crippen molar-refractivity contribution in [2.24, 2.45) is 0 Å². The molecule has 0 spiro atoms. The molecule has 0 aliphatic carbocycles. The predicted molar refractivity (Wildman–Crippen MR) is 87.2 cm³/mol. The highest BCUT2D eigenvalue weighted by molar-refractivity contribution is 6.08. The maximum atomic E-state index is 12.9. The Kier molecular flexibility index (Phi) is 4.09. The average molecular weight is 315 g/mol. The van der Waals surface area contributed by atoms with Gasteiger partial charge in [0.2, 0.25) is 0 Å². The van der Waals surface area contributed by atoms with Crippen molar-refractivity contribution in [2.45, 2.75) is 20.0 Å². The number of amides is 2. The van der Waals surface area contributed by atoms with Crippen molar-refractivity contribution in [1.29, 1.82) is 0 Å². The van der Waals surface area contributed by atoms with Crippen LogP contribution in [0.15, 0.2) is 24.3 Å². The van der Waals surface area contributed by atoms with Crippen LogP contribution in [-0.2, 0) is 4.79 Å². The van der Waals surface area contributed by atoms with Gasteiger partial charge in [-0.05, 0) is 19.9 Å². The fourth-order valence-corrected chi connectivity index (χ4v) is 3.10. The van der Waals surface area contributed by atoms with Crippen LogP contribution in [-0.4, -0.2) is 64.0 Å². The van der Waals surface area contributed by atoms with Gasteiger partial charge in [-0.1, -0.05) is 18.2 Å². The van der Waals surface area contributed by atoms with Gasteiger partial charge in [0.15, 0.2) is 0 Å². The van der Waals surface area contributed by atoms with Crippen LogP contribution >= 0.6 is 0 Å². The van der Waals surface area contributed by atoms with Gasteiger partial charge >= 0.3 is 0 Å². The summed E-state index contributed by atoms with van der Waals surface area (Å²) in [6.07, 6.45) is -0.992. The molecule has 23 heavy (non-hydrogen) atoms. The number of aliphatic hydroxyl groups is 1. The zero-order chi connectivity index (χ0) is 16.6. The van der Waals surface area contributed by atoms with Crippen molar-refractivity contribution < 1.29 is 14.7 Å². The summed E-state index contributed by atoms with van der Waals surface area (Å²) in [5.41, 5.74) is 2.52. The van der Waals surface area contributed by atoms with Crippen molar-refractivity contribution in [2.75, 3.05) is 26.2 Å². The molecule has 2 aromatic rings. The molecule has 3 rings (SSSR count). The molecule has 0 saturated carbocycles. The number of hydrogen-bond donors (Lipinski definition) is 2. The number of benzene rings is 1. The number of aliphatic hydroxyl groups excluding tert-OH is 1. The molecular weight excluding hydrogens is 294 g/mol. The van der Waals surface area contributed by atoms with E-state index < -0.39 is 6.10 Å². The fraction of sp³-hybridized carbons (Fsp3) is 0.412. The molecule has 122 valence electrons. The number of rotatable bonds is 2. The summed E-state index contributed by atoms with van der Waals surface area (Å²) in [6, 6.07) is 7.76. The van der Waals surface area contributed by atoms with Crippen LogP contribution in [0.5, 0.6) is 0 Å². The molecule has 1 aromatic carbocycles. The van der Waals surface area contributed by atoms with E-state index in [2.05, 4.69) is 4.98 Å². The molecule has 1 aliphatic rings. The van der Waals surface area contributed by atoms with Crippen molar-refractivity contribution in [3.63, 3.8) is 0 Å². The first-order valence-electron chi connectivity index (χ1n) is 7.82. The zero-order valence-corrected chi connectivity index (χ0v) is 13.4. The number of H-pyrrole nitrogens is 1. The average Bonchev–Trinajstić information content (AvgIpc) is 2.89. The highest BCUT2D eigenvalue weighted by atomic mass is 16.3. The number of para-hydroxylation sites is 1. The quantitative estimate of drug-likeness (QED) is 0.872. The van der Waals surface area contributed by atoms with E-state index in [1.165, 1.54) is 6.92 Å². The predicted octanol–water partition coefficient (Wildman–Crippen LogP) is 1.14. The van der Waals surface area contributed by atoms with Crippen molar-refractivity contribution in [3.8, 4) is 0 Å². The molecule has 1 unspecified atom stereocenters. The Bertz CT molecular complexity index is 743. The number of nitrogens with zero attached hydrogens (tertiary/aromatic N) is 2. The minimum atomic E-state index is -0.992. The minimum absolute atomic E-state index is 0.0101. The number of piperazine rings is 1. The number of aromatic nitrogens is 1. The Hall–Kier alpha value is -2.34. The Morgan fingerprint density at radius 1 is 1.13 bits per heavy atom. The second-order valence-corrected chi connectivity index (χ2v) is 5.96. The number of aromatic amines is 1. The van der Waals surface area contributed by atoms with E-state index in [0.717, 1.165) is 16.6 Å². The Morgan fingerprint density at radius 3 is 2.39 bits per heavy atom. The normalized spacial score (nSPS) is 16.7. The monoisotopic (exact) mass is 315 g/mol. The van der Waals surface area contributed by atoms with Gasteiger partial charge in [0.1, 0.15) is 6.10 Å². The van der Waals surface area contributed by atoms with Crippen LogP contribution in [0.1, 0.15) is 23.0 Å². The number of nitrogens with one attached hydrogen (secondary N) is 1. The second-order valence-electron chi connectivity index (χ2n) is 5.96. The van der Waals surface area contributed by atoms with E-state index in [1.807, 2.05) is 31.2 Å². The highest BCUT2D eigenvalue weighted by Crippen LogP contribution is 2.23. The first-order chi connectivity index (χ1) is 11.0. The Balaban J connectivity index is 1.77. The maximum absolute atomic E-state index is 12.9. The van der Waals surface area contributed by atoms with E-state index in [0.29, 0.717) is 31.7 Å². The molecule has 1 fully saturated rings. The molecule has 1 aromatic heterocycles. The van der Waals surface area contributed by atoms with Crippen LogP contribution in [0.4, 0.5) is 0 Å². The highest BCUT2D eigenvalue weighted by Gasteiger charge is 2.28. The largest absolute Gasteiger partial charge is 0.384 e. The van der Waals surface area contributed by atoms with Crippen LogP contribution < -0.4 is 0 Å². The molecule has 0 radical (unpaired) electrons. The van der Waals surface area contributed by atoms with E-state index in [1.54, 1.807) is 9.80 Å². The summed E-state index contributed by atoms with van der Waals surface area (Å²) < 4.78 is 0. The van der Waals surface area contributed by atoms with E-state index in [9.17, 15) is 14.7 Å². The molecule has 0 bridgehead atoms. The van der Waals surface area contributed by atoms with Gasteiger partial charge < -0.3 is 19.9 Å². The third-order valence-electron chi connectivity index (χ3n) is 4.34. The third kappa shape index (κ3) is 2.82. The van der Waals surface area contributed by atoms with Gasteiger partial charge in [-0.15, -0.1) is 0 Å². The number of hydrogen-bond acceptors (Lipinski definition) is 3. The first-order valence-corrected chi connectivity index (χ1v) is 7.82. The molecule has 2 amide bonds. The van der Waals surface area contributed by atoms with Gasteiger partial charge in [0, 0.05) is 42.8 Å². The Morgan fingerprint density at radius 2 is 1.74 bits per heavy atom. The van der Waals surface area contributed by atoms with Gasteiger partial charge in [-0.25, -0.2) is 0 Å². The van der Waals surface area contributed by atoms with Gasteiger partial charge in [0.05, 0.1) is 5.56 Å². The summed E-state index contributed by atoms with van der Waals surface area (Å²) in [6.45, 7) is 5.25. The SMILES string of the molecule is Cc1[nH]c2ccccc2c1C(=O)N1CCN(C(=O)C(C)O)CC1. The number of carbonyl (C=O) groups is 2. The van der Waals surface area contributed by atoms with Crippen molar-refractivity contribution in [3.05, 3.63) is 35.5 Å². The van der Waals surface area contributed by atoms with Gasteiger partial charge in [0.25, 0.3) is 11.8 Å². The molecular formula is C17H21N3O3. The van der Waals surface area contributed by atoms with Gasteiger partial charge in [-0.3, -0.25) is 9.59 Å². The topological polar surface area (TPSA) is 76.6 Å². The summed E-state index contributed by atoms with van der Waals surface area (Å²) >= 11 is 0. The van der Waals surface area contributed by atoms with Crippen LogP contribution in [0.2, 0.25) is 0 Å². The fourth-order valence-electron chi connectivity index (χ4n) is 3.10. The zero-order valence-electron chi connectivity index (χ0n) is 13.4. The van der Waals surface area contributed by atoms with Crippen molar-refractivity contribution >= 4 is 22.7 Å². The third-order valence-corrected chi connectivity index (χ3v) is 4.34. The summed E-state index contributed by atoms with van der Waals surface area (Å²) in [5, 5.41) is 10.3. The van der Waals surface area contributed by atoms with Crippen LogP contribution in [0.25, 0.3) is 10.9 Å². The number of carbonyl (C=O) groups excluding carboxylic acids is 2. The number of fused-ring (bicyclic) bond motifs is 1. The molecule has 1 atom stereocenters. The second kappa shape index (κ2) is 6.04. The molecule has 6 heteroatoms. The summed E-state index contributed by atoms with van der Waals surface area (Å²) in [7, 11) is 0. The molecule has 2 heterocycles. The molecule has 1 saturated heterocycles. The van der Waals surface area contributed by atoms with E-state index in [-0.39, 0.29) is 11.8 Å².